The number of hydrogen-bond donors (Lipinski definition) is 1. The van der Waals surface area contributed by atoms with Crippen LogP contribution in [0.3, 0.4) is 0 Å². The van der Waals surface area contributed by atoms with Crippen molar-refractivity contribution in [2.45, 2.75) is 12.8 Å². The van der Waals surface area contributed by atoms with Crippen LogP contribution < -0.4 is 5.73 Å². The molecule has 2 N–H and O–H groups in total. The van der Waals surface area contributed by atoms with Gasteiger partial charge in [0.05, 0.1) is 6.54 Å². The van der Waals surface area contributed by atoms with Gasteiger partial charge < -0.3 is 10.6 Å². The Morgan fingerprint density at radius 3 is 2.56 bits per heavy atom. The zero-order valence-electron chi connectivity index (χ0n) is 8.98. The minimum absolute atomic E-state index is 0.0898. The molecule has 0 unspecified atom stereocenters. The number of ketones is 1. The number of nitrogen functional groups attached to an aromatic ring is 1. The van der Waals surface area contributed by atoms with Crippen LogP contribution >= 0.6 is 0 Å². The van der Waals surface area contributed by atoms with E-state index in [4.69, 9.17) is 5.73 Å². The Bertz CT molecular complexity index is 412. The monoisotopic (exact) mass is 218 g/mol. The molecule has 4 nitrogen and oxygen atoms in total. The molecule has 84 valence electrons. The van der Waals surface area contributed by atoms with Crippen molar-refractivity contribution in [3.63, 3.8) is 0 Å². The van der Waals surface area contributed by atoms with Gasteiger partial charge in [0.15, 0.2) is 5.78 Å². The maximum atomic E-state index is 12.0. The molecular formula is C12H14N2O2. The van der Waals surface area contributed by atoms with Gasteiger partial charge in [0.2, 0.25) is 0 Å². The zero-order chi connectivity index (χ0) is 11.5. The van der Waals surface area contributed by atoms with Crippen molar-refractivity contribution in [1.82, 2.24) is 4.90 Å². The first-order valence-corrected chi connectivity index (χ1v) is 5.33. The predicted octanol–water partition coefficient (Wildman–Crippen LogP) is 1.07. The SMILES string of the molecule is Nc1ccc(C(=O)N2CCCC(=O)C2)cc1. The van der Waals surface area contributed by atoms with Gasteiger partial charge >= 0.3 is 0 Å². The van der Waals surface area contributed by atoms with Crippen LogP contribution in [0.2, 0.25) is 0 Å². The highest BCUT2D eigenvalue weighted by molar-refractivity contribution is 5.97. The maximum Gasteiger partial charge on any atom is 0.254 e. The molecule has 1 aliphatic heterocycles. The number of benzene rings is 1. The van der Waals surface area contributed by atoms with Gasteiger partial charge in [-0.05, 0) is 30.7 Å². The van der Waals surface area contributed by atoms with Gasteiger partial charge in [-0.1, -0.05) is 0 Å². The van der Waals surface area contributed by atoms with E-state index in [1.807, 2.05) is 0 Å². The quantitative estimate of drug-likeness (QED) is 0.717. The Kier molecular flexibility index (Phi) is 2.90. The molecule has 1 fully saturated rings. The van der Waals surface area contributed by atoms with Crippen LogP contribution in [0.15, 0.2) is 24.3 Å². The highest BCUT2D eigenvalue weighted by Crippen LogP contribution is 2.12. The Hall–Kier alpha value is -1.84. The summed E-state index contributed by atoms with van der Waals surface area (Å²) in [5.41, 5.74) is 6.77. The number of carbonyl (C=O) groups excluding carboxylic acids is 2. The Morgan fingerprint density at radius 1 is 1.25 bits per heavy atom. The summed E-state index contributed by atoms with van der Waals surface area (Å²) >= 11 is 0. The predicted molar refractivity (Wildman–Crippen MR) is 61.0 cm³/mol. The van der Waals surface area contributed by atoms with E-state index in [-0.39, 0.29) is 18.2 Å². The summed E-state index contributed by atoms with van der Waals surface area (Å²) < 4.78 is 0. The van der Waals surface area contributed by atoms with Crippen LogP contribution in [-0.4, -0.2) is 29.7 Å². The van der Waals surface area contributed by atoms with Crippen molar-refractivity contribution in [3.05, 3.63) is 29.8 Å². The van der Waals surface area contributed by atoms with Crippen molar-refractivity contribution in [3.8, 4) is 0 Å². The molecule has 1 saturated heterocycles. The third-order valence-corrected chi connectivity index (χ3v) is 2.70. The highest BCUT2D eigenvalue weighted by atomic mass is 16.2. The first-order chi connectivity index (χ1) is 7.66. The minimum atomic E-state index is -0.0898. The lowest BCUT2D eigenvalue weighted by Gasteiger charge is -2.25. The molecule has 0 aromatic heterocycles. The molecule has 0 spiro atoms. The first kappa shape index (κ1) is 10.7. The fraction of sp³-hybridized carbons (Fsp3) is 0.333. The molecule has 2 rings (SSSR count). The van der Waals surface area contributed by atoms with E-state index in [1.165, 1.54) is 0 Å². The molecule has 0 aliphatic carbocycles. The molecule has 1 aromatic rings. The Labute approximate surface area is 94.0 Å². The molecular weight excluding hydrogens is 204 g/mol. The van der Waals surface area contributed by atoms with E-state index < -0.39 is 0 Å². The molecule has 0 saturated carbocycles. The summed E-state index contributed by atoms with van der Waals surface area (Å²) in [5, 5.41) is 0. The van der Waals surface area contributed by atoms with Crippen LogP contribution in [0.5, 0.6) is 0 Å². The number of hydrogen-bond acceptors (Lipinski definition) is 3. The lowest BCUT2D eigenvalue weighted by Crippen LogP contribution is -2.40. The van der Waals surface area contributed by atoms with E-state index in [0.29, 0.717) is 24.2 Å². The van der Waals surface area contributed by atoms with Gasteiger partial charge in [0.1, 0.15) is 0 Å². The van der Waals surface area contributed by atoms with Crippen molar-refractivity contribution in [2.75, 3.05) is 18.8 Å². The summed E-state index contributed by atoms with van der Waals surface area (Å²) in [6.07, 6.45) is 1.35. The number of amides is 1. The molecule has 1 heterocycles. The number of piperidine rings is 1. The number of carbonyl (C=O) groups is 2. The molecule has 0 bridgehead atoms. The van der Waals surface area contributed by atoms with E-state index in [2.05, 4.69) is 0 Å². The summed E-state index contributed by atoms with van der Waals surface area (Å²) in [6.45, 7) is 0.901. The molecule has 0 atom stereocenters. The highest BCUT2D eigenvalue weighted by Gasteiger charge is 2.22. The van der Waals surface area contributed by atoms with Gasteiger partial charge in [-0.3, -0.25) is 9.59 Å². The zero-order valence-corrected chi connectivity index (χ0v) is 8.98. The first-order valence-electron chi connectivity index (χ1n) is 5.33. The summed E-state index contributed by atoms with van der Waals surface area (Å²) in [4.78, 5) is 24.8. The molecule has 16 heavy (non-hydrogen) atoms. The van der Waals surface area contributed by atoms with Crippen LogP contribution in [0.1, 0.15) is 23.2 Å². The topological polar surface area (TPSA) is 63.4 Å². The molecule has 0 radical (unpaired) electrons. The number of Topliss-reactive ketones (excluding diaryl/α,β-unsaturated/α-hetero) is 1. The van der Waals surface area contributed by atoms with Crippen LogP contribution in [0, 0.1) is 0 Å². The lowest BCUT2D eigenvalue weighted by molar-refractivity contribution is -0.121. The number of rotatable bonds is 1. The number of nitrogens with zero attached hydrogens (tertiary/aromatic N) is 1. The molecule has 1 aromatic carbocycles. The van der Waals surface area contributed by atoms with E-state index in [9.17, 15) is 9.59 Å². The minimum Gasteiger partial charge on any atom is -0.399 e. The van der Waals surface area contributed by atoms with Crippen molar-refractivity contribution < 1.29 is 9.59 Å². The van der Waals surface area contributed by atoms with Gasteiger partial charge in [0, 0.05) is 24.2 Å². The number of anilines is 1. The number of likely N-dealkylation sites (tertiary alicyclic amines) is 1. The van der Waals surface area contributed by atoms with E-state index >= 15 is 0 Å². The maximum absolute atomic E-state index is 12.0. The van der Waals surface area contributed by atoms with Gasteiger partial charge in [-0.2, -0.15) is 0 Å². The second-order valence-corrected chi connectivity index (χ2v) is 3.99. The molecule has 1 aliphatic rings. The summed E-state index contributed by atoms with van der Waals surface area (Å²) in [6, 6.07) is 6.77. The fourth-order valence-electron chi connectivity index (χ4n) is 1.82. The molecule has 4 heteroatoms. The average molecular weight is 218 g/mol. The lowest BCUT2D eigenvalue weighted by atomic mass is 10.1. The van der Waals surface area contributed by atoms with Crippen molar-refractivity contribution >= 4 is 17.4 Å². The summed E-state index contributed by atoms with van der Waals surface area (Å²) in [5.74, 6) is 0.0445. The Balaban J connectivity index is 2.12. The van der Waals surface area contributed by atoms with Crippen LogP contribution in [-0.2, 0) is 4.79 Å². The second kappa shape index (κ2) is 4.35. The van der Waals surface area contributed by atoms with E-state index in [1.54, 1.807) is 29.2 Å². The van der Waals surface area contributed by atoms with E-state index in [0.717, 1.165) is 6.42 Å². The molecule has 1 amide bonds. The van der Waals surface area contributed by atoms with Crippen molar-refractivity contribution in [2.24, 2.45) is 0 Å². The third-order valence-electron chi connectivity index (χ3n) is 2.70. The van der Waals surface area contributed by atoms with Gasteiger partial charge in [-0.25, -0.2) is 0 Å². The van der Waals surface area contributed by atoms with Gasteiger partial charge in [0.25, 0.3) is 5.91 Å². The van der Waals surface area contributed by atoms with Gasteiger partial charge in [-0.15, -0.1) is 0 Å². The van der Waals surface area contributed by atoms with Crippen LogP contribution in [0.4, 0.5) is 5.69 Å². The largest absolute Gasteiger partial charge is 0.399 e. The second-order valence-electron chi connectivity index (χ2n) is 3.99. The average Bonchev–Trinajstić information content (AvgIpc) is 2.29. The van der Waals surface area contributed by atoms with Crippen molar-refractivity contribution in [1.29, 1.82) is 0 Å². The summed E-state index contributed by atoms with van der Waals surface area (Å²) in [7, 11) is 0. The Morgan fingerprint density at radius 2 is 1.94 bits per heavy atom. The standard InChI is InChI=1S/C12H14N2O2/c13-10-5-3-9(4-6-10)12(16)14-7-1-2-11(15)8-14/h3-6H,1-2,7-8,13H2. The van der Waals surface area contributed by atoms with Crippen LogP contribution in [0.25, 0.3) is 0 Å². The fourth-order valence-corrected chi connectivity index (χ4v) is 1.82. The normalized spacial score (nSPS) is 16.2. The smallest absolute Gasteiger partial charge is 0.254 e. The number of nitrogens with two attached hydrogens (primary N) is 1. The third kappa shape index (κ3) is 2.21.